The molecule has 1 aliphatic rings. The van der Waals surface area contributed by atoms with Gasteiger partial charge < -0.3 is 19.9 Å². The molecule has 1 fully saturated rings. The summed E-state index contributed by atoms with van der Waals surface area (Å²) < 4.78 is 5.55. The van der Waals surface area contributed by atoms with E-state index < -0.39 is 0 Å². The Labute approximate surface area is 189 Å². The third-order valence-corrected chi connectivity index (χ3v) is 5.53. The van der Waals surface area contributed by atoms with Gasteiger partial charge >= 0.3 is 0 Å². The van der Waals surface area contributed by atoms with Crippen LogP contribution >= 0.6 is 11.6 Å². The van der Waals surface area contributed by atoms with Crippen LogP contribution in [0.3, 0.4) is 0 Å². The van der Waals surface area contributed by atoms with Crippen LogP contribution in [0.25, 0.3) is 0 Å². The summed E-state index contributed by atoms with van der Waals surface area (Å²) in [4.78, 5) is 28.7. The third kappa shape index (κ3) is 6.14. The number of hydrogen-bond donors (Lipinski definition) is 1. The first-order valence-electron chi connectivity index (χ1n) is 10.9. The van der Waals surface area contributed by atoms with Crippen LogP contribution in [0.1, 0.15) is 43.5 Å². The number of nitrogens with zero attached hydrogens (tertiary/aromatic N) is 2. The maximum absolute atomic E-state index is 12.5. The summed E-state index contributed by atoms with van der Waals surface area (Å²) >= 11 is 6.52. The fourth-order valence-electron chi connectivity index (χ4n) is 3.54. The lowest BCUT2D eigenvalue weighted by Gasteiger charge is -2.36. The second kappa shape index (κ2) is 11.0. The Bertz CT molecular complexity index is 893. The van der Waals surface area contributed by atoms with Crippen LogP contribution in [0.2, 0.25) is 5.02 Å². The SMILES string of the molecule is CCCOc1ccc(C(=O)Nc2ccc(N3CCN(C(=O)CCC)CC3)c(Cl)c2)cc1. The molecule has 7 heteroatoms. The molecule has 6 nitrogen and oxygen atoms in total. The van der Waals surface area contributed by atoms with Gasteiger partial charge in [-0.25, -0.2) is 0 Å². The molecule has 0 saturated carbocycles. The van der Waals surface area contributed by atoms with Crippen LogP contribution in [0.5, 0.6) is 5.75 Å². The maximum Gasteiger partial charge on any atom is 0.255 e. The van der Waals surface area contributed by atoms with Crippen molar-refractivity contribution in [2.24, 2.45) is 0 Å². The van der Waals surface area contributed by atoms with Crippen molar-refractivity contribution in [2.75, 3.05) is 43.0 Å². The van der Waals surface area contributed by atoms with E-state index in [-0.39, 0.29) is 11.8 Å². The van der Waals surface area contributed by atoms with E-state index in [9.17, 15) is 9.59 Å². The van der Waals surface area contributed by atoms with E-state index in [1.54, 1.807) is 30.3 Å². The Morgan fingerprint density at radius 3 is 2.32 bits per heavy atom. The Kier molecular flexibility index (Phi) is 8.18. The minimum atomic E-state index is -0.200. The zero-order valence-corrected chi connectivity index (χ0v) is 19.0. The van der Waals surface area contributed by atoms with Crippen molar-refractivity contribution < 1.29 is 14.3 Å². The second-order valence-corrected chi connectivity index (χ2v) is 8.02. The van der Waals surface area contributed by atoms with E-state index >= 15 is 0 Å². The molecule has 2 aromatic carbocycles. The van der Waals surface area contributed by atoms with Gasteiger partial charge in [0.05, 0.1) is 17.3 Å². The molecule has 166 valence electrons. The number of piperazine rings is 1. The number of benzene rings is 2. The van der Waals surface area contributed by atoms with Gasteiger partial charge in [0, 0.05) is 43.9 Å². The van der Waals surface area contributed by atoms with Crippen molar-refractivity contribution in [1.82, 2.24) is 4.90 Å². The maximum atomic E-state index is 12.5. The molecule has 2 aromatic rings. The highest BCUT2D eigenvalue weighted by molar-refractivity contribution is 6.33. The van der Waals surface area contributed by atoms with Crippen LogP contribution in [0.15, 0.2) is 42.5 Å². The van der Waals surface area contributed by atoms with Gasteiger partial charge in [0.2, 0.25) is 5.91 Å². The zero-order chi connectivity index (χ0) is 22.2. The highest BCUT2D eigenvalue weighted by Crippen LogP contribution is 2.30. The van der Waals surface area contributed by atoms with Crippen LogP contribution in [0, 0.1) is 0 Å². The van der Waals surface area contributed by atoms with E-state index in [0.717, 1.165) is 37.4 Å². The van der Waals surface area contributed by atoms with Crippen LogP contribution in [-0.4, -0.2) is 49.5 Å². The highest BCUT2D eigenvalue weighted by Gasteiger charge is 2.22. The van der Waals surface area contributed by atoms with Crippen molar-refractivity contribution in [3.8, 4) is 5.75 Å². The number of amides is 2. The van der Waals surface area contributed by atoms with Crippen LogP contribution < -0.4 is 15.0 Å². The van der Waals surface area contributed by atoms with E-state index in [1.165, 1.54) is 0 Å². The molecular weight excluding hydrogens is 414 g/mol. The lowest BCUT2D eigenvalue weighted by atomic mass is 10.2. The summed E-state index contributed by atoms with van der Waals surface area (Å²) in [7, 11) is 0. The molecule has 0 radical (unpaired) electrons. The molecule has 0 aromatic heterocycles. The average Bonchev–Trinajstić information content (AvgIpc) is 2.78. The van der Waals surface area contributed by atoms with E-state index in [2.05, 4.69) is 10.2 Å². The van der Waals surface area contributed by atoms with Gasteiger partial charge in [-0.05, 0) is 55.3 Å². The molecule has 0 aliphatic carbocycles. The first-order valence-corrected chi connectivity index (χ1v) is 11.3. The number of rotatable bonds is 8. The van der Waals surface area contributed by atoms with Gasteiger partial charge in [-0.1, -0.05) is 25.4 Å². The standard InChI is InChI=1S/C24H30ClN3O3/c1-3-5-23(29)28-14-12-27(13-15-28)22-11-8-19(17-21(22)25)26-24(30)18-6-9-20(10-7-18)31-16-4-2/h6-11,17H,3-5,12-16H2,1-2H3,(H,26,30). The molecule has 1 N–H and O–H groups in total. The fraction of sp³-hybridized carbons (Fsp3) is 0.417. The predicted octanol–water partition coefficient (Wildman–Crippen LogP) is 4.83. The normalized spacial score (nSPS) is 13.8. The molecule has 31 heavy (non-hydrogen) atoms. The van der Waals surface area contributed by atoms with Gasteiger partial charge in [0.15, 0.2) is 0 Å². The van der Waals surface area contributed by atoms with Gasteiger partial charge in [-0.2, -0.15) is 0 Å². The number of ether oxygens (including phenoxy) is 1. The van der Waals surface area contributed by atoms with Crippen molar-refractivity contribution in [3.63, 3.8) is 0 Å². The molecule has 2 amide bonds. The highest BCUT2D eigenvalue weighted by atomic mass is 35.5. The average molecular weight is 444 g/mol. The van der Waals surface area contributed by atoms with Crippen molar-refractivity contribution in [1.29, 1.82) is 0 Å². The summed E-state index contributed by atoms with van der Waals surface area (Å²) in [6, 6.07) is 12.6. The monoisotopic (exact) mass is 443 g/mol. The Hall–Kier alpha value is -2.73. The summed E-state index contributed by atoms with van der Waals surface area (Å²) in [5.74, 6) is 0.771. The number of hydrogen-bond acceptors (Lipinski definition) is 4. The summed E-state index contributed by atoms with van der Waals surface area (Å²) in [6.07, 6.45) is 2.41. The number of carbonyl (C=O) groups excluding carboxylic acids is 2. The van der Waals surface area contributed by atoms with Gasteiger partial charge in [0.1, 0.15) is 5.75 Å². The van der Waals surface area contributed by atoms with Gasteiger partial charge in [-0.3, -0.25) is 9.59 Å². The molecular formula is C24H30ClN3O3. The molecule has 1 aliphatic heterocycles. The minimum Gasteiger partial charge on any atom is -0.494 e. The van der Waals surface area contributed by atoms with Crippen molar-refractivity contribution in [2.45, 2.75) is 33.1 Å². The number of carbonyl (C=O) groups is 2. The Morgan fingerprint density at radius 1 is 1.00 bits per heavy atom. The fourth-order valence-corrected chi connectivity index (χ4v) is 3.84. The topological polar surface area (TPSA) is 61.9 Å². The van der Waals surface area contributed by atoms with Crippen molar-refractivity contribution >= 4 is 34.8 Å². The van der Waals surface area contributed by atoms with E-state index in [1.807, 2.05) is 30.9 Å². The minimum absolute atomic E-state index is 0.200. The third-order valence-electron chi connectivity index (χ3n) is 5.23. The van der Waals surface area contributed by atoms with E-state index in [4.69, 9.17) is 16.3 Å². The van der Waals surface area contributed by atoms with Gasteiger partial charge in [-0.15, -0.1) is 0 Å². The second-order valence-electron chi connectivity index (χ2n) is 7.61. The molecule has 0 spiro atoms. The molecule has 0 atom stereocenters. The Morgan fingerprint density at radius 2 is 1.71 bits per heavy atom. The molecule has 1 heterocycles. The Balaban J connectivity index is 1.58. The lowest BCUT2D eigenvalue weighted by Crippen LogP contribution is -2.48. The van der Waals surface area contributed by atoms with E-state index in [0.29, 0.717) is 42.4 Å². The number of halogens is 1. The molecule has 0 unspecified atom stereocenters. The molecule has 1 saturated heterocycles. The number of anilines is 2. The lowest BCUT2D eigenvalue weighted by molar-refractivity contribution is -0.131. The number of nitrogens with one attached hydrogen (secondary N) is 1. The quantitative estimate of drug-likeness (QED) is 0.634. The molecule has 3 rings (SSSR count). The van der Waals surface area contributed by atoms with Crippen LogP contribution in [0.4, 0.5) is 11.4 Å². The first-order chi connectivity index (χ1) is 15.0. The smallest absolute Gasteiger partial charge is 0.255 e. The van der Waals surface area contributed by atoms with Crippen molar-refractivity contribution in [3.05, 3.63) is 53.1 Å². The summed E-state index contributed by atoms with van der Waals surface area (Å²) in [5.41, 5.74) is 2.11. The van der Waals surface area contributed by atoms with Crippen LogP contribution in [-0.2, 0) is 4.79 Å². The first kappa shape index (κ1) is 22.9. The zero-order valence-electron chi connectivity index (χ0n) is 18.2. The summed E-state index contributed by atoms with van der Waals surface area (Å²) in [5, 5.41) is 3.47. The summed E-state index contributed by atoms with van der Waals surface area (Å²) in [6.45, 7) is 7.61. The molecule has 0 bridgehead atoms. The van der Waals surface area contributed by atoms with Gasteiger partial charge in [0.25, 0.3) is 5.91 Å². The largest absolute Gasteiger partial charge is 0.494 e. The predicted molar refractivity (Wildman–Crippen MR) is 125 cm³/mol.